The van der Waals surface area contributed by atoms with E-state index in [1.807, 2.05) is 0 Å². The van der Waals surface area contributed by atoms with Crippen LogP contribution in [0.15, 0.2) is 12.2 Å². The molecule has 20 heavy (non-hydrogen) atoms. The molecule has 0 amide bonds. The molecule has 0 rings (SSSR count). The van der Waals surface area contributed by atoms with E-state index in [1.165, 1.54) is 0 Å². The summed E-state index contributed by atoms with van der Waals surface area (Å²) in [5, 5.41) is 0. The van der Waals surface area contributed by atoms with Crippen molar-refractivity contribution >= 4 is 29.5 Å². The van der Waals surface area contributed by atoms with E-state index in [1.54, 1.807) is 0 Å². The average Bonchev–Trinajstić information content (AvgIpc) is 2.23. The zero-order valence-electron chi connectivity index (χ0n) is 10.6. The van der Waals surface area contributed by atoms with E-state index in [2.05, 4.69) is 9.47 Å². The first-order valence-corrected chi connectivity index (χ1v) is 9.11. The second-order valence-corrected chi connectivity index (χ2v) is 8.24. The van der Waals surface area contributed by atoms with Gasteiger partial charge in [0.15, 0.2) is 11.5 Å². The minimum Gasteiger partial charge on any atom is -0.455 e. The normalized spacial score (nSPS) is 15.8. The van der Waals surface area contributed by atoms with Gasteiger partial charge in [0.1, 0.15) is 0 Å². The van der Waals surface area contributed by atoms with Gasteiger partial charge >= 0.3 is 29.5 Å². The summed E-state index contributed by atoms with van der Waals surface area (Å²) < 4.78 is 8.75. The quantitative estimate of drug-likeness (QED) is 0.162. The molecule has 0 aliphatic carbocycles. The van der Waals surface area contributed by atoms with Crippen molar-refractivity contribution in [3.63, 3.8) is 0 Å². The lowest BCUT2D eigenvalue weighted by Crippen LogP contribution is -2.49. The van der Waals surface area contributed by atoms with E-state index in [0.29, 0.717) is 12.2 Å². The Bertz CT molecular complexity index is 346. The zero-order chi connectivity index (χ0) is 16.1. The van der Waals surface area contributed by atoms with Crippen molar-refractivity contribution in [2.45, 2.75) is 25.3 Å². The molecule has 2 atom stereocenters. The van der Waals surface area contributed by atoms with Crippen molar-refractivity contribution in [2.24, 2.45) is 0 Å². The lowest BCUT2D eigenvalue weighted by atomic mass is 10.5. The first-order chi connectivity index (χ1) is 8.84. The number of rotatable bonds is 6. The van der Waals surface area contributed by atoms with Crippen molar-refractivity contribution in [3.8, 4) is 0 Å². The predicted octanol–water partition coefficient (Wildman–Crippen LogP) is -3.68. The van der Waals surface area contributed by atoms with E-state index in [-0.39, 0.29) is 0 Å². The Morgan fingerprint density at radius 2 is 1.05 bits per heavy atom. The molecule has 0 spiro atoms. The SMILES string of the molecule is CC(OC(=O)/C=C/C(=O)OC(C)[Si](O)(O)O)[Si](O)(O)O. The van der Waals surface area contributed by atoms with Crippen molar-refractivity contribution in [1.82, 2.24) is 0 Å². The van der Waals surface area contributed by atoms with Gasteiger partial charge in [-0.05, 0) is 13.8 Å². The molecule has 0 heterocycles. The Balaban J connectivity index is 4.37. The molecule has 0 fully saturated rings. The number of esters is 2. The van der Waals surface area contributed by atoms with E-state index in [0.717, 1.165) is 13.8 Å². The Morgan fingerprint density at radius 3 is 1.25 bits per heavy atom. The minimum absolute atomic E-state index is 0.570. The van der Waals surface area contributed by atoms with Gasteiger partial charge in [0.25, 0.3) is 0 Å². The largest absolute Gasteiger partial charge is 0.535 e. The van der Waals surface area contributed by atoms with E-state index >= 15 is 0 Å². The summed E-state index contributed by atoms with van der Waals surface area (Å²) in [6, 6.07) is 0. The summed E-state index contributed by atoms with van der Waals surface area (Å²) in [5.74, 6) is -2.31. The maximum absolute atomic E-state index is 11.1. The van der Waals surface area contributed by atoms with Crippen LogP contribution in [0.1, 0.15) is 13.8 Å². The molecule has 0 saturated heterocycles. The first-order valence-electron chi connectivity index (χ1n) is 5.27. The topological polar surface area (TPSA) is 174 Å². The highest BCUT2D eigenvalue weighted by Crippen LogP contribution is 2.04. The van der Waals surface area contributed by atoms with Crippen LogP contribution in [-0.2, 0) is 19.1 Å². The molecule has 2 unspecified atom stereocenters. The summed E-state index contributed by atoms with van der Waals surface area (Å²) in [6.45, 7) is 2.09. The van der Waals surface area contributed by atoms with Gasteiger partial charge < -0.3 is 38.2 Å². The van der Waals surface area contributed by atoms with Crippen LogP contribution in [0.3, 0.4) is 0 Å². The van der Waals surface area contributed by atoms with Gasteiger partial charge in [-0.3, -0.25) is 0 Å². The standard InChI is InChI=1S/C8H16O10Si2/c1-5(19(11,12)13)17-7(9)3-4-8(10)18-6(2)20(14,15)16/h3-6,11-16H,1-2H3/b4-3+. The maximum Gasteiger partial charge on any atom is 0.535 e. The number of carbonyl (C=O) groups is 2. The third-order valence-corrected chi connectivity index (χ3v) is 4.45. The number of ether oxygens (including phenoxy) is 2. The van der Waals surface area contributed by atoms with Crippen molar-refractivity contribution in [2.75, 3.05) is 0 Å². The molecule has 116 valence electrons. The maximum atomic E-state index is 11.1. The van der Waals surface area contributed by atoms with Gasteiger partial charge in [-0.25, -0.2) is 9.59 Å². The van der Waals surface area contributed by atoms with E-state index in [9.17, 15) is 9.59 Å². The van der Waals surface area contributed by atoms with Crippen LogP contribution in [0.2, 0.25) is 0 Å². The molecule has 0 aliphatic heterocycles. The van der Waals surface area contributed by atoms with Crippen molar-refractivity contribution in [1.29, 1.82) is 0 Å². The molecule has 0 aromatic heterocycles. The molecule has 0 aromatic rings. The highest BCUT2D eigenvalue weighted by Gasteiger charge is 2.39. The van der Waals surface area contributed by atoms with Gasteiger partial charge in [-0.2, -0.15) is 0 Å². The van der Waals surface area contributed by atoms with E-state index < -0.39 is 41.0 Å². The van der Waals surface area contributed by atoms with E-state index in [4.69, 9.17) is 28.8 Å². The van der Waals surface area contributed by atoms with Crippen LogP contribution in [-0.4, -0.2) is 69.8 Å². The number of hydrogen-bond donors (Lipinski definition) is 6. The average molecular weight is 328 g/mol. The fourth-order valence-electron chi connectivity index (χ4n) is 0.721. The summed E-state index contributed by atoms with van der Waals surface area (Å²) in [4.78, 5) is 75.0. The number of carbonyl (C=O) groups excluding carboxylic acids is 2. The molecule has 0 saturated carbocycles. The van der Waals surface area contributed by atoms with Crippen molar-refractivity contribution < 1.29 is 47.8 Å². The van der Waals surface area contributed by atoms with Gasteiger partial charge in [0, 0.05) is 12.2 Å². The van der Waals surface area contributed by atoms with Crippen LogP contribution >= 0.6 is 0 Å². The van der Waals surface area contributed by atoms with Crippen LogP contribution < -0.4 is 0 Å². The summed E-state index contributed by atoms with van der Waals surface area (Å²) >= 11 is 0. The third-order valence-electron chi connectivity index (χ3n) is 2.03. The molecule has 0 aliphatic rings. The molecule has 0 radical (unpaired) electrons. The smallest absolute Gasteiger partial charge is 0.455 e. The fourth-order valence-corrected chi connectivity index (χ4v) is 1.27. The Labute approximate surface area is 115 Å². The predicted molar refractivity (Wildman–Crippen MR) is 65.1 cm³/mol. The summed E-state index contributed by atoms with van der Waals surface area (Å²) in [5.41, 5.74) is -3.08. The minimum atomic E-state index is -4.62. The van der Waals surface area contributed by atoms with Crippen LogP contribution in [0.4, 0.5) is 0 Å². The Hall–Kier alpha value is -1.13. The second-order valence-electron chi connectivity index (χ2n) is 3.87. The Kier molecular flexibility index (Phi) is 6.65. The monoisotopic (exact) mass is 328 g/mol. The zero-order valence-corrected chi connectivity index (χ0v) is 12.6. The van der Waals surface area contributed by atoms with Crippen LogP contribution in [0, 0.1) is 0 Å². The molecule has 0 bridgehead atoms. The van der Waals surface area contributed by atoms with Crippen molar-refractivity contribution in [3.05, 3.63) is 12.2 Å². The third kappa shape index (κ3) is 7.46. The summed E-state index contributed by atoms with van der Waals surface area (Å²) in [7, 11) is -9.23. The molecule has 10 nitrogen and oxygen atoms in total. The van der Waals surface area contributed by atoms with Crippen LogP contribution in [0.5, 0.6) is 0 Å². The summed E-state index contributed by atoms with van der Waals surface area (Å²) in [6.07, 6.45) is 1.14. The van der Waals surface area contributed by atoms with Crippen LogP contribution in [0.25, 0.3) is 0 Å². The molecular weight excluding hydrogens is 312 g/mol. The molecule has 12 heteroatoms. The highest BCUT2D eigenvalue weighted by atomic mass is 28.4. The highest BCUT2D eigenvalue weighted by molar-refractivity contribution is 6.58. The van der Waals surface area contributed by atoms with Gasteiger partial charge in [0.05, 0.1) is 0 Å². The van der Waals surface area contributed by atoms with Gasteiger partial charge in [-0.15, -0.1) is 0 Å². The lowest BCUT2D eigenvalue weighted by molar-refractivity contribution is -0.143. The molecule has 0 aromatic carbocycles. The lowest BCUT2D eigenvalue weighted by Gasteiger charge is -2.18. The number of hydrogen-bond acceptors (Lipinski definition) is 10. The molecular formula is C8H16O10Si2. The Morgan fingerprint density at radius 1 is 0.800 bits per heavy atom. The first kappa shape index (κ1) is 18.9. The second kappa shape index (κ2) is 7.05. The fraction of sp³-hybridized carbons (Fsp3) is 0.500. The molecule has 6 N–H and O–H groups in total. The van der Waals surface area contributed by atoms with Gasteiger partial charge in [0.2, 0.25) is 0 Å². The van der Waals surface area contributed by atoms with Gasteiger partial charge in [-0.1, -0.05) is 0 Å².